The molecule has 0 bridgehead atoms. The van der Waals surface area contributed by atoms with Crippen LogP contribution in [0.1, 0.15) is 0 Å². The Morgan fingerprint density at radius 2 is 1.33 bits per heavy atom. The first-order valence-electron chi connectivity index (χ1n) is 9.11. The third-order valence-corrected chi connectivity index (χ3v) is 6.29. The van der Waals surface area contributed by atoms with Gasteiger partial charge in [0.25, 0.3) is 0 Å². The Labute approximate surface area is 163 Å². The fraction of sp³-hybridized carbons (Fsp3) is 0.0400. The van der Waals surface area contributed by atoms with Crippen LogP contribution in [0.15, 0.2) is 97.1 Å². The SMILES string of the molecule is CN(c1cccc(-c2ccccc2)c1)c1cccc2c1sc1ccccc12. The number of thiophene rings is 1. The molecule has 0 atom stereocenters. The summed E-state index contributed by atoms with van der Waals surface area (Å²) >= 11 is 1.87. The number of fused-ring (bicyclic) bond motifs is 3. The van der Waals surface area contributed by atoms with Gasteiger partial charge >= 0.3 is 0 Å². The second-order valence-corrected chi connectivity index (χ2v) is 7.78. The first-order chi connectivity index (χ1) is 13.3. The maximum absolute atomic E-state index is 2.30. The van der Waals surface area contributed by atoms with Crippen molar-refractivity contribution in [2.24, 2.45) is 0 Å². The number of benzene rings is 4. The number of anilines is 2. The minimum Gasteiger partial charge on any atom is -0.343 e. The van der Waals surface area contributed by atoms with E-state index in [1.54, 1.807) is 0 Å². The largest absolute Gasteiger partial charge is 0.343 e. The van der Waals surface area contributed by atoms with Crippen LogP contribution in [0.25, 0.3) is 31.3 Å². The number of hydrogen-bond acceptors (Lipinski definition) is 2. The van der Waals surface area contributed by atoms with Crippen LogP contribution in [0.4, 0.5) is 11.4 Å². The van der Waals surface area contributed by atoms with Gasteiger partial charge in [-0.15, -0.1) is 11.3 Å². The number of hydrogen-bond donors (Lipinski definition) is 0. The lowest BCUT2D eigenvalue weighted by Gasteiger charge is -2.21. The van der Waals surface area contributed by atoms with Gasteiger partial charge in [0.05, 0.1) is 10.4 Å². The van der Waals surface area contributed by atoms with Gasteiger partial charge in [-0.1, -0.05) is 72.8 Å². The molecule has 0 spiro atoms. The van der Waals surface area contributed by atoms with Crippen LogP contribution in [-0.4, -0.2) is 7.05 Å². The molecule has 1 aromatic heterocycles. The molecule has 0 radical (unpaired) electrons. The fourth-order valence-electron chi connectivity index (χ4n) is 3.66. The van der Waals surface area contributed by atoms with Crippen LogP contribution in [0.2, 0.25) is 0 Å². The summed E-state index contributed by atoms with van der Waals surface area (Å²) in [4.78, 5) is 2.30. The first kappa shape index (κ1) is 16.1. The molecule has 0 saturated carbocycles. The molecule has 2 heteroatoms. The second-order valence-electron chi connectivity index (χ2n) is 6.73. The first-order valence-corrected chi connectivity index (χ1v) is 9.92. The highest BCUT2D eigenvalue weighted by molar-refractivity contribution is 7.26. The van der Waals surface area contributed by atoms with Crippen LogP contribution in [0.5, 0.6) is 0 Å². The van der Waals surface area contributed by atoms with Gasteiger partial charge in [0.1, 0.15) is 0 Å². The zero-order chi connectivity index (χ0) is 18.2. The van der Waals surface area contributed by atoms with Crippen molar-refractivity contribution < 1.29 is 0 Å². The van der Waals surface area contributed by atoms with Crippen LogP contribution in [0, 0.1) is 0 Å². The topological polar surface area (TPSA) is 3.24 Å². The van der Waals surface area contributed by atoms with E-state index in [9.17, 15) is 0 Å². The maximum Gasteiger partial charge on any atom is 0.0592 e. The Bertz CT molecular complexity index is 1240. The third kappa shape index (κ3) is 2.79. The lowest BCUT2D eigenvalue weighted by atomic mass is 10.0. The highest BCUT2D eigenvalue weighted by atomic mass is 32.1. The Morgan fingerprint density at radius 1 is 0.630 bits per heavy atom. The molecule has 1 nitrogen and oxygen atoms in total. The molecule has 0 fully saturated rings. The normalized spacial score (nSPS) is 11.1. The highest BCUT2D eigenvalue weighted by Crippen LogP contribution is 2.41. The van der Waals surface area contributed by atoms with Gasteiger partial charge < -0.3 is 4.90 Å². The van der Waals surface area contributed by atoms with Crippen molar-refractivity contribution in [3.8, 4) is 11.1 Å². The van der Waals surface area contributed by atoms with Crippen molar-refractivity contribution in [3.63, 3.8) is 0 Å². The van der Waals surface area contributed by atoms with E-state index in [1.165, 1.54) is 42.7 Å². The monoisotopic (exact) mass is 365 g/mol. The summed E-state index contributed by atoms with van der Waals surface area (Å²) in [6.07, 6.45) is 0. The van der Waals surface area contributed by atoms with E-state index in [-0.39, 0.29) is 0 Å². The van der Waals surface area contributed by atoms with E-state index in [2.05, 4.69) is 109 Å². The Morgan fingerprint density at radius 3 is 2.22 bits per heavy atom. The van der Waals surface area contributed by atoms with Crippen molar-refractivity contribution in [3.05, 3.63) is 97.1 Å². The summed E-state index contributed by atoms with van der Waals surface area (Å²) in [7, 11) is 2.16. The summed E-state index contributed by atoms with van der Waals surface area (Å²) in [6, 6.07) is 34.6. The molecule has 0 unspecified atom stereocenters. The van der Waals surface area contributed by atoms with Crippen LogP contribution < -0.4 is 4.90 Å². The van der Waals surface area contributed by atoms with Crippen LogP contribution in [0.3, 0.4) is 0 Å². The fourth-order valence-corrected chi connectivity index (χ4v) is 4.91. The summed E-state index contributed by atoms with van der Waals surface area (Å²) in [6.45, 7) is 0. The third-order valence-electron chi connectivity index (χ3n) is 5.09. The van der Waals surface area contributed by atoms with Crippen molar-refractivity contribution in [2.75, 3.05) is 11.9 Å². The van der Waals surface area contributed by atoms with Crippen molar-refractivity contribution in [2.45, 2.75) is 0 Å². The number of nitrogens with zero attached hydrogens (tertiary/aromatic N) is 1. The molecule has 4 aromatic carbocycles. The molecule has 0 saturated heterocycles. The van der Waals surface area contributed by atoms with Crippen molar-refractivity contribution >= 4 is 42.9 Å². The molecular weight excluding hydrogens is 346 g/mol. The molecule has 0 amide bonds. The zero-order valence-corrected chi connectivity index (χ0v) is 15.9. The molecule has 0 aliphatic carbocycles. The molecule has 0 aliphatic rings. The standard InChI is InChI=1S/C25H19NS/c1-26(20-12-7-11-19(17-20)18-9-3-2-4-10-18)23-15-8-14-22-21-13-5-6-16-24(21)27-25(22)23/h2-17H,1H3. The van der Waals surface area contributed by atoms with Gasteiger partial charge in [0.2, 0.25) is 0 Å². The quantitative estimate of drug-likeness (QED) is 0.320. The van der Waals surface area contributed by atoms with E-state index in [0.29, 0.717) is 0 Å². The predicted octanol–water partition coefficient (Wildman–Crippen LogP) is 7.49. The van der Waals surface area contributed by atoms with Gasteiger partial charge in [0, 0.05) is 28.2 Å². The van der Waals surface area contributed by atoms with E-state index in [0.717, 1.165) is 0 Å². The Hall–Kier alpha value is -3.10. The minimum absolute atomic E-state index is 1.20. The predicted molar refractivity (Wildman–Crippen MR) is 119 cm³/mol. The molecule has 130 valence electrons. The summed E-state index contributed by atoms with van der Waals surface area (Å²) in [5, 5.41) is 2.67. The average Bonchev–Trinajstić information content (AvgIpc) is 3.13. The maximum atomic E-state index is 2.30. The van der Waals surface area contributed by atoms with Crippen LogP contribution in [-0.2, 0) is 0 Å². The van der Waals surface area contributed by atoms with Crippen molar-refractivity contribution in [1.29, 1.82) is 0 Å². The summed E-state index contributed by atoms with van der Waals surface area (Å²) < 4.78 is 2.68. The van der Waals surface area contributed by atoms with E-state index >= 15 is 0 Å². The molecule has 1 heterocycles. The van der Waals surface area contributed by atoms with Crippen molar-refractivity contribution in [1.82, 2.24) is 0 Å². The molecule has 5 aromatic rings. The van der Waals surface area contributed by atoms with Gasteiger partial charge in [-0.2, -0.15) is 0 Å². The molecule has 0 N–H and O–H groups in total. The summed E-state index contributed by atoms with van der Waals surface area (Å²) in [5.74, 6) is 0. The van der Waals surface area contributed by atoms with Crippen LogP contribution >= 0.6 is 11.3 Å². The van der Waals surface area contributed by atoms with Gasteiger partial charge in [0.15, 0.2) is 0 Å². The van der Waals surface area contributed by atoms with Gasteiger partial charge in [-0.25, -0.2) is 0 Å². The molecule has 5 rings (SSSR count). The smallest absolute Gasteiger partial charge is 0.0592 e. The van der Waals surface area contributed by atoms with E-state index < -0.39 is 0 Å². The summed E-state index contributed by atoms with van der Waals surface area (Å²) in [5.41, 5.74) is 4.93. The molecular formula is C25H19NS. The highest BCUT2D eigenvalue weighted by Gasteiger charge is 2.13. The second kappa shape index (κ2) is 6.57. The van der Waals surface area contributed by atoms with E-state index in [4.69, 9.17) is 0 Å². The zero-order valence-electron chi connectivity index (χ0n) is 15.1. The lowest BCUT2D eigenvalue weighted by molar-refractivity contribution is 1.23. The molecule has 0 aliphatic heterocycles. The van der Waals surface area contributed by atoms with Gasteiger partial charge in [-0.05, 0) is 35.4 Å². The molecule has 27 heavy (non-hydrogen) atoms. The number of rotatable bonds is 3. The average molecular weight is 366 g/mol. The minimum atomic E-state index is 1.20. The Kier molecular flexibility index (Phi) is 3.92. The lowest BCUT2D eigenvalue weighted by Crippen LogP contribution is -2.09. The van der Waals surface area contributed by atoms with Gasteiger partial charge in [-0.3, -0.25) is 0 Å². The Balaban J connectivity index is 1.63. The van der Waals surface area contributed by atoms with E-state index in [1.807, 2.05) is 11.3 Å².